The van der Waals surface area contributed by atoms with Crippen LogP contribution in [-0.4, -0.2) is 6.36 Å². The molecule has 0 radical (unpaired) electrons. The standard InChI is InChI=1S/C8H6F4O.2C2H6/c1-5-4-6(2-3-7(5)9)13-8(10,11)12;2*1-2/h2-4H,1H3;2*1-2H3. The van der Waals surface area contributed by atoms with Crippen molar-refractivity contribution in [1.82, 2.24) is 0 Å². The first-order valence-electron chi connectivity index (χ1n) is 5.40. The van der Waals surface area contributed by atoms with Crippen molar-refractivity contribution < 1.29 is 22.3 Å². The topological polar surface area (TPSA) is 9.23 Å². The predicted molar refractivity (Wildman–Crippen MR) is 60.5 cm³/mol. The first kappa shape index (κ1) is 18.1. The van der Waals surface area contributed by atoms with Crippen molar-refractivity contribution in [3.8, 4) is 5.75 Å². The molecule has 100 valence electrons. The number of hydrogen-bond donors (Lipinski definition) is 0. The molecule has 1 aromatic rings. The average molecular weight is 254 g/mol. The van der Waals surface area contributed by atoms with Gasteiger partial charge in [-0.15, -0.1) is 13.2 Å². The van der Waals surface area contributed by atoms with Crippen molar-refractivity contribution in [3.05, 3.63) is 29.6 Å². The predicted octanol–water partition coefficient (Wildman–Crippen LogP) is 5.09. The fourth-order valence-electron chi connectivity index (χ4n) is 0.814. The van der Waals surface area contributed by atoms with E-state index in [0.717, 1.165) is 18.2 Å². The highest BCUT2D eigenvalue weighted by atomic mass is 19.4. The second-order valence-electron chi connectivity index (χ2n) is 2.46. The smallest absolute Gasteiger partial charge is 0.406 e. The highest BCUT2D eigenvalue weighted by Crippen LogP contribution is 2.24. The van der Waals surface area contributed by atoms with E-state index in [9.17, 15) is 17.6 Å². The molecule has 0 aliphatic rings. The molecule has 0 spiro atoms. The van der Waals surface area contributed by atoms with E-state index in [-0.39, 0.29) is 5.56 Å². The van der Waals surface area contributed by atoms with Crippen LogP contribution in [0.1, 0.15) is 33.3 Å². The molecule has 5 heteroatoms. The molecule has 0 aliphatic carbocycles. The van der Waals surface area contributed by atoms with E-state index in [1.54, 1.807) is 0 Å². The number of ether oxygens (including phenoxy) is 1. The molecule has 0 aliphatic heterocycles. The fraction of sp³-hybridized carbons (Fsp3) is 0.500. The molecular weight excluding hydrogens is 236 g/mol. The number of halogens is 4. The van der Waals surface area contributed by atoms with Gasteiger partial charge in [0, 0.05) is 0 Å². The third-order valence-electron chi connectivity index (χ3n) is 1.36. The summed E-state index contributed by atoms with van der Waals surface area (Å²) in [6, 6.07) is 2.84. The van der Waals surface area contributed by atoms with E-state index in [2.05, 4.69) is 4.74 Å². The normalized spacial score (nSPS) is 9.47. The summed E-state index contributed by atoms with van der Waals surface area (Å²) in [5.74, 6) is -0.971. The maximum Gasteiger partial charge on any atom is 0.573 e. The minimum Gasteiger partial charge on any atom is -0.406 e. The first-order chi connectivity index (χ1) is 7.88. The van der Waals surface area contributed by atoms with Gasteiger partial charge in [-0.3, -0.25) is 0 Å². The number of benzene rings is 1. The molecule has 1 nitrogen and oxygen atoms in total. The highest BCUT2D eigenvalue weighted by molar-refractivity contribution is 5.28. The van der Waals surface area contributed by atoms with E-state index in [0.29, 0.717) is 0 Å². The zero-order valence-electron chi connectivity index (χ0n) is 10.7. The quantitative estimate of drug-likeness (QED) is 0.634. The Hall–Kier alpha value is -1.26. The van der Waals surface area contributed by atoms with E-state index >= 15 is 0 Å². The molecule has 0 heterocycles. The monoisotopic (exact) mass is 254 g/mol. The summed E-state index contributed by atoms with van der Waals surface area (Å²) in [4.78, 5) is 0. The number of alkyl halides is 3. The van der Waals surface area contributed by atoms with Crippen molar-refractivity contribution in [2.24, 2.45) is 0 Å². The highest BCUT2D eigenvalue weighted by Gasteiger charge is 2.31. The number of hydrogen-bond acceptors (Lipinski definition) is 1. The van der Waals surface area contributed by atoms with Crippen LogP contribution in [0.2, 0.25) is 0 Å². The lowest BCUT2D eigenvalue weighted by Gasteiger charge is -2.08. The summed E-state index contributed by atoms with van der Waals surface area (Å²) in [6.07, 6.45) is -4.73. The molecule has 1 aromatic carbocycles. The largest absolute Gasteiger partial charge is 0.573 e. The summed E-state index contributed by atoms with van der Waals surface area (Å²) in [5.41, 5.74) is 0.113. The van der Waals surface area contributed by atoms with Gasteiger partial charge >= 0.3 is 6.36 Å². The van der Waals surface area contributed by atoms with Crippen LogP contribution in [0.3, 0.4) is 0 Å². The van der Waals surface area contributed by atoms with Gasteiger partial charge in [-0.2, -0.15) is 0 Å². The minimum atomic E-state index is -4.73. The molecule has 0 saturated carbocycles. The summed E-state index contributed by atoms with van der Waals surface area (Å²) in [7, 11) is 0. The Labute approximate surface area is 99.4 Å². The van der Waals surface area contributed by atoms with Crippen molar-refractivity contribution >= 4 is 0 Å². The second-order valence-corrected chi connectivity index (χ2v) is 2.46. The van der Waals surface area contributed by atoms with Crippen LogP contribution in [0.25, 0.3) is 0 Å². The molecule has 0 unspecified atom stereocenters. The Balaban J connectivity index is 0. The van der Waals surface area contributed by atoms with Crippen LogP contribution in [0.5, 0.6) is 5.75 Å². The van der Waals surface area contributed by atoms with E-state index in [4.69, 9.17) is 0 Å². The molecule has 1 rings (SSSR count). The van der Waals surface area contributed by atoms with Gasteiger partial charge in [0.25, 0.3) is 0 Å². The molecule has 0 amide bonds. The van der Waals surface area contributed by atoms with Crippen LogP contribution in [0.4, 0.5) is 17.6 Å². The second kappa shape index (κ2) is 8.84. The molecule has 0 fully saturated rings. The minimum absolute atomic E-state index is 0.113. The van der Waals surface area contributed by atoms with Crippen LogP contribution in [-0.2, 0) is 0 Å². The lowest BCUT2D eigenvalue weighted by Crippen LogP contribution is -2.17. The van der Waals surface area contributed by atoms with Gasteiger partial charge in [0.2, 0.25) is 0 Å². The maximum atomic E-state index is 12.6. The van der Waals surface area contributed by atoms with Gasteiger partial charge < -0.3 is 4.74 Å². The molecule has 0 bridgehead atoms. The van der Waals surface area contributed by atoms with Crippen molar-refractivity contribution in [3.63, 3.8) is 0 Å². The molecule has 0 N–H and O–H groups in total. The SMILES string of the molecule is CC.CC.Cc1cc(OC(F)(F)F)ccc1F. The Morgan fingerprint density at radius 3 is 1.82 bits per heavy atom. The molecule has 0 aromatic heterocycles. The van der Waals surface area contributed by atoms with Crippen molar-refractivity contribution in [1.29, 1.82) is 0 Å². The lowest BCUT2D eigenvalue weighted by molar-refractivity contribution is -0.274. The fourth-order valence-corrected chi connectivity index (χ4v) is 0.814. The van der Waals surface area contributed by atoms with E-state index in [1.165, 1.54) is 6.92 Å². The summed E-state index contributed by atoms with van der Waals surface area (Å²) >= 11 is 0. The maximum absolute atomic E-state index is 12.6. The molecule has 0 saturated heterocycles. The Morgan fingerprint density at radius 2 is 1.47 bits per heavy atom. The van der Waals surface area contributed by atoms with Gasteiger partial charge in [-0.1, -0.05) is 27.7 Å². The van der Waals surface area contributed by atoms with Crippen molar-refractivity contribution in [2.45, 2.75) is 41.0 Å². The molecular formula is C12H18F4O. The van der Waals surface area contributed by atoms with Crippen LogP contribution in [0.15, 0.2) is 18.2 Å². The summed E-state index contributed by atoms with van der Waals surface area (Å²) < 4.78 is 51.1. The van der Waals surface area contributed by atoms with Gasteiger partial charge in [0.1, 0.15) is 11.6 Å². The van der Waals surface area contributed by atoms with Gasteiger partial charge in [-0.25, -0.2) is 4.39 Å². The van der Waals surface area contributed by atoms with Crippen LogP contribution >= 0.6 is 0 Å². The Kier molecular flexibility index (Phi) is 9.42. The summed E-state index contributed by atoms with van der Waals surface area (Å²) in [6.45, 7) is 9.36. The molecule has 0 atom stereocenters. The van der Waals surface area contributed by atoms with Crippen molar-refractivity contribution in [2.75, 3.05) is 0 Å². The van der Waals surface area contributed by atoms with Gasteiger partial charge in [0.15, 0.2) is 0 Å². The third kappa shape index (κ3) is 8.54. The molecule has 17 heavy (non-hydrogen) atoms. The van der Waals surface area contributed by atoms with Crippen LogP contribution < -0.4 is 4.74 Å². The number of aryl methyl sites for hydroxylation is 1. The third-order valence-corrected chi connectivity index (χ3v) is 1.36. The van der Waals surface area contributed by atoms with Gasteiger partial charge in [0.05, 0.1) is 0 Å². The Bertz CT molecular complexity index is 308. The lowest BCUT2D eigenvalue weighted by atomic mass is 10.2. The van der Waals surface area contributed by atoms with Crippen LogP contribution in [0, 0.1) is 12.7 Å². The zero-order chi connectivity index (χ0) is 14.1. The Morgan fingerprint density at radius 1 is 1.00 bits per heavy atom. The number of rotatable bonds is 1. The average Bonchev–Trinajstić information content (AvgIpc) is 2.27. The van der Waals surface area contributed by atoms with Gasteiger partial charge in [-0.05, 0) is 30.7 Å². The van der Waals surface area contributed by atoms with E-state index in [1.807, 2.05) is 27.7 Å². The first-order valence-corrected chi connectivity index (χ1v) is 5.40. The van der Waals surface area contributed by atoms with E-state index < -0.39 is 17.9 Å². The summed E-state index contributed by atoms with van der Waals surface area (Å²) in [5, 5.41) is 0. The zero-order valence-corrected chi connectivity index (χ0v) is 10.7.